The molecule has 2 atom stereocenters. The molecule has 122 valence electrons. The van der Waals surface area contributed by atoms with Crippen LogP contribution >= 0.6 is 0 Å². The zero-order valence-electron chi connectivity index (χ0n) is 13.7. The summed E-state index contributed by atoms with van der Waals surface area (Å²) in [5.74, 6) is 0.661. The summed E-state index contributed by atoms with van der Waals surface area (Å²) in [6.45, 7) is 7.06. The van der Waals surface area contributed by atoms with Crippen LogP contribution in [0.4, 0.5) is 0 Å². The van der Waals surface area contributed by atoms with E-state index in [1.54, 1.807) is 7.11 Å². The summed E-state index contributed by atoms with van der Waals surface area (Å²) in [4.78, 5) is 11.5. The first-order valence-corrected chi connectivity index (χ1v) is 7.57. The highest BCUT2D eigenvalue weighted by Crippen LogP contribution is 2.19. The zero-order chi connectivity index (χ0) is 16.2. The van der Waals surface area contributed by atoms with E-state index < -0.39 is 0 Å². The van der Waals surface area contributed by atoms with E-state index >= 15 is 0 Å². The van der Waals surface area contributed by atoms with Gasteiger partial charge in [-0.2, -0.15) is 0 Å². The quantitative estimate of drug-likeness (QED) is 0.817. The lowest BCUT2D eigenvalue weighted by molar-refractivity contribution is -0.146. The third-order valence-corrected chi connectivity index (χ3v) is 3.53. The maximum atomic E-state index is 11.5. The van der Waals surface area contributed by atoms with E-state index in [0.717, 1.165) is 11.3 Å². The molecular weight excluding hydrogens is 282 g/mol. The van der Waals surface area contributed by atoms with Gasteiger partial charge in [-0.15, -0.1) is 0 Å². The maximum Gasteiger partial charge on any atom is 0.307 e. The Labute approximate surface area is 131 Å². The van der Waals surface area contributed by atoms with E-state index in [2.05, 4.69) is 5.32 Å². The predicted octanol–water partition coefficient (Wildman–Crippen LogP) is 2.28. The molecule has 0 aromatic heterocycles. The Bertz CT molecular complexity index is 492. The molecule has 2 rings (SSSR count). The van der Waals surface area contributed by atoms with E-state index in [0.29, 0.717) is 19.6 Å². The lowest BCUT2D eigenvalue weighted by Gasteiger charge is -2.25. The summed E-state index contributed by atoms with van der Waals surface area (Å²) >= 11 is 0. The first-order valence-electron chi connectivity index (χ1n) is 7.57. The molecule has 5 heteroatoms. The van der Waals surface area contributed by atoms with Crippen LogP contribution in [-0.2, 0) is 20.8 Å². The maximum absolute atomic E-state index is 11.5. The normalized spacial score (nSPS) is 21.7. The predicted molar refractivity (Wildman–Crippen MR) is 83.8 cm³/mol. The van der Waals surface area contributed by atoms with Gasteiger partial charge >= 0.3 is 5.97 Å². The van der Waals surface area contributed by atoms with E-state index in [-0.39, 0.29) is 23.7 Å². The van der Waals surface area contributed by atoms with Crippen LogP contribution < -0.4 is 10.1 Å². The number of carbonyl (C=O) groups excluding carboxylic acids is 1. The number of nitrogens with one attached hydrogen (secondary N) is 1. The van der Waals surface area contributed by atoms with Gasteiger partial charge in [-0.05, 0) is 38.5 Å². The SMILES string of the molecule is COc1ccc(CN[C@H]2CC(=O)O[C@@H]2COC(C)(C)C)cc1. The summed E-state index contributed by atoms with van der Waals surface area (Å²) in [5, 5.41) is 3.39. The van der Waals surface area contributed by atoms with Gasteiger partial charge < -0.3 is 19.5 Å². The highest BCUT2D eigenvalue weighted by Gasteiger charge is 2.35. The third-order valence-electron chi connectivity index (χ3n) is 3.53. The molecule has 0 aliphatic carbocycles. The average Bonchev–Trinajstić information content (AvgIpc) is 2.83. The molecule has 1 fully saturated rings. The number of ether oxygens (including phenoxy) is 3. The minimum atomic E-state index is -0.241. The van der Waals surface area contributed by atoms with Crippen LogP contribution in [0.5, 0.6) is 5.75 Å². The number of methoxy groups -OCH3 is 1. The number of carbonyl (C=O) groups is 1. The lowest BCUT2D eigenvalue weighted by atomic mass is 10.1. The van der Waals surface area contributed by atoms with Gasteiger partial charge in [-0.1, -0.05) is 12.1 Å². The number of hydrogen-bond donors (Lipinski definition) is 1. The fourth-order valence-corrected chi connectivity index (χ4v) is 2.29. The van der Waals surface area contributed by atoms with E-state index in [1.807, 2.05) is 45.0 Å². The Hall–Kier alpha value is -1.59. The Morgan fingerprint density at radius 3 is 2.55 bits per heavy atom. The molecule has 1 aliphatic rings. The minimum absolute atomic E-state index is 0.0167. The van der Waals surface area contributed by atoms with Crippen LogP contribution in [0.2, 0.25) is 0 Å². The zero-order valence-corrected chi connectivity index (χ0v) is 13.7. The van der Waals surface area contributed by atoms with Crippen molar-refractivity contribution in [2.24, 2.45) is 0 Å². The summed E-state index contributed by atoms with van der Waals surface area (Å²) in [7, 11) is 1.65. The van der Waals surface area contributed by atoms with E-state index in [4.69, 9.17) is 14.2 Å². The smallest absolute Gasteiger partial charge is 0.307 e. The van der Waals surface area contributed by atoms with Crippen molar-refractivity contribution < 1.29 is 19.0 Å². The first kappa shape index (κ1) is 16.8. The van der Waals surface area contributed by atoms with Crippen LogP contribution in [0.15, 0.2) is 24.3 Å². The molecule has 0 bridgehead atoms. The molecular formula is C17H25NO4. The molecule has 1 aliphatic heterocycles. The van der Waals surface area contributed by atoms with E-state index in [9.17, 15) is 4.79 Å². The molecule has 1 aromatic carbocycles. The highest BCUT2D eigenvalue weighted by molar-refractivity contribution is 5.72. The van der Waals surface area contributed by atoms with Crippen molar-refractivity contribution >= 4 is 5.97 Å². The van der Waals surface area contributed by atoms with E-state index in [1.165, 1.54) is 0 Å². The topological polar surface area (TPSA) is 56.8 Å². The molecule has 1 N–H and O–H groups in total. The largest absolute Gasteiger partial charge is 0.497 e. The van der Waals surface area contributed by atoms with Gasteiger partial charge in [0.15, 0.2) is 0 Å². The summed E-state index contributed by atoms with van der Waals surface area (Å²) in [6, 6.07) is 7.84. The van der Waals surface area contributed by atoms with Crippen LogP contribution in [0.25, 0.3) is 0 Å². The number of cyclic esters (lactones) is 1. The van der Waals surface area contributed by atoms with Gasteiger partial charge in [0.05, 0.1) is 31.8 Å². The number of benzene rings is 1. The highest BCUT2D eigenvalue weighted by atomic mass is 16.6. The van der Waals surface area contributed by atoms with Crippen molar-refractivity contribution in [3.8, 4) is 5.75 Å². The van der Waals surface area contributed by atoms with Crippen LogP contribution in [0.1, 0.15) is 32.8 Å². The molecule has 22 heavy (non-hydrogen) atoms. The van der Waals surface area contributed by atoms with Crippen molar-refractivity contribution in [3.05, 3.63) is 29.8 Å². The summed E-state index contributed by atoms with van der Waals surface area (Å²) < 4.78 is 16.2. The average molecular weight is 307 g/mol. The van der Waals surface area contributed by atoms with Gasteiger partial charge in [0.1, 0.15) is 11.9 Å². The number of hydrogen-bond acceptors (Lipinski definition) is 5. The van der Waals surface area contributed by atoms with Crippen molar-refractivity contribution in [2.45, 2.75) is 51.5 Å². The van der Waals surface area contributed by atoms with Crippen molar-refractivity contribution in [1.82, 2.24) is 5.32 Å². The van der Waals surface area contributed by atoms with Gasteiger partial charge in [0.25, 0.3) is 0 Å². The second-order valence-electron chi connectivity index (χ2n) is 6.49. The molecule has 0 unspecified atom stereocenters. The van der Waals surface area contributed by atoms with Gasteiger partial charge in [-0.25, -0.2) is 0 Å². The lowest BCUT2D eigenvalue weighted by Crippen LogP contribution is -2.40. The van der Waals surface area contributed by atoms with Crippen LogP contribution in [0.3, 0.4) is 0 Å². The standard InChI is InChI=1S/C17H25NO4/c1-17(2,3)21-11-15-14(9-16(19)22-15)18-10-12-5-7-13(20-4)8-6-12/h5-8,14-15,18H,9-11H2,1-4H3/t14-,15+/m0/s1. The van der Waals surface area contributed by atoms with Crippen molar-refractivity contribution in [3.63, 3.8) is 0 Å². The molecule has 0 spiro atoms. The fourth-order valence-electron chi connectivity index (χ4n) is 2.29. The first-order chi connectivity index (χ1) is 10.4. The van der Waals surface area contributed by atoms with Gasteiger partial charge in [0.2, 0.25) is 0 Å². The molecule has 1 heterocycles. The Kier molecular flexibility index (Phi) is 5.42. The number of rotatable bonds is 6. The summed E-state index contributed by atoms with van der Waals surface area (Å²) in [5.41, 5.74) is 0.894. The van der Waals surface area contributed by atoms with Gasteiger partial charge in [0, 0.05) is 6.54 Å². The molecule has 0 saturated carbocycles. The summed E-state index contributed by atoms with van der Waals surface area (Å²) in [6.07, 6.45) is 0.152. The monoisotopic (exact) mass is 307 g/mol. The Morgan fingerprint density at radius 2 is 1.95 bits per heavy atom. The van der Waals surface area contributed by atoms with Crippen molar-refractivity contribution in [2.75, 3.05) is 13.7 Å². The fraction of sp³-hybridized carbons (Fsp3) is 0.588. The third kappa shape index (κ3) is 5.00. The number of esters is 1. The molecule has 0 radical (unpaired) electrons. The molecule has 1 saturated heterocycles. The molecule has 0 amide bonds. The van der Waals surface area contributed by atoms with Crippen molar-refractivity contribution in [1.29, 1.82) is 0 Å². The van der Waals surface area contributed by atoms with Crippen LogP contribution in [-0.4, -0.2) is 37.4 Å². The Morgan fingerprint density at radius 1 is 1.27 bits per heavy atom. The second-order valence-corrected chi connectivity index (χ2v) is 6.49. The molecule has 1 aromatic rings. The van der Waals surface area contributed by atoms with Crippen LogP contribution in [0, 0.1) is 0 Å². The minimum Gasteiger partial charge on any atom is -0.497 e. The molecule has 5 nitrogen and oxygen atoms in total. The van der Waals surface area contributed by atoms with Gasteiger partial charge in [-0.3, -0.25) is 4.79 Å². The second kappa shape index (κ2) is 7.11. The Balaban J connectivity index is 1.87.